The van der Waals surface area contributed by atoms with Gasteiger partial charge in [-0.05, 0) is 56.5 Å². The first kappa shape index (κ1) is 20.4. The molecule has 0 radical (unpaired) electrons. The number of benzene rings is 2. The van der Waals surface area contributed by atoms with Crippen molar-refractivity contribution < 1.29 is 19.4 Å². The summed E-state index contributed by atoms with van der Waals surface area (Å²) in [6.07, 6.45) is 0.434. The lowest BCUT2D eigenvalue weighted by Gasteiger charge is -2.19. The van der Waals surface area contributed by atoms with Crippen molar-refractivity contribution in [3.8, 4) is 22.4 Å². The zero-order valence-corrected chi connectivity index (χ0v) is 16.9. The average Bonchev–Trinajstić information content (AvgIpc) is 3.10. The number of ether oxygens (including phenoxy) is 1. The fourth-order valence-electron chi connectivity index (χ4n) is 3.08. The second-order valence-electron chi connectivity index (χ2n) is 7.91. The molecule has 0 amide bonds. The van der Waals surface area contributed by atoms with Gasteiger partial charge in [-0.1, -0.05) is 42.5 Å². The molecular weight excluding hydrogens is 366 g/mol. The van der Waals surface area contributed by atoms with Gasteiger partial charge in [-0.2, -0.15) is 0 Å². The molecule has 0 aliphatic rings. The topological polar surface area (TPSA) is 79.4 Å². The lowest BCUT2D eigenvalue weighted by atomic mass is 10.0. The second kappa shape index (κ2) is 8.35. The van der Waals surface area contributed by atoms with E-state index in [9.17, 15) is 9.59 Å². The van der Waals surface area contributed by atoms with Gasteiger partial charge in [0, 0.05) is 17.0 Å². The summed E-state index contributed by atoms with van der Waals surface area (Å²) in [7, 11) is 0. The van der Waals surface area contributed by atoms with Gasteiger partial charge in [0.25, 0.3) is 0 Å². The van der Waals surface area contributed by atoms with E-state index in [0.717, 1.165) is 28.1 Å². The molecule has 3 rings (SSSR count). The molecule has 29 heavy (non-hydrogen) atoms. The van der Waals surface area contributed by atoms with Gasteiger partial charge in [0.1, 0.15) is 5.60 Å². The van der Waals surface area contributed by atoms with E-state index in [0.29, 0.717) is 12.0 Å². The number of carboxylic acid groups (broad SMARTS) is 1. The van der Waals surface area contributed by atoms with E-state index in [1.165, 1.54) is 0 Å². The molecule has 0 aliphatic carbocycles. The van der Waals surface area contributed by atoms with Gasteiger partial charge < -0.3 is 14.8 Å². The Morgan fingerprint density at radius 2 is 1.62 bits per heavy atom. The molecule has 0 spiro atoms. The fourth-order valence-corrected chi connectivity index (χ4v) is 3.08. The number of esters is 1. The molecule has 2 N–H and O–H groups in total. The van der Waals surface area contributed by atoms with Gasteiger partial charge in [0.15, 0.2) is 0 Å². The van der Waals surface area contributed by atoms with Crippen LogP contribution in [0.15, 0.2) is 60.7 Å². The van der Waals surface area contributed by atoms with Crippen LogP contribution >= 0.6 is 0 Å². The summed E-state index contributed by atoms with van der Waals surface area (Å²) in [5.41, 5.74) is 4.59. The SMILES string of the molecule is CC(C)(C)OC(=O)c1ccc(-c2cc(-c3ccccc3)[nH]c2CCC(=O)O)cc1. The molecule has 0 unspecified atom stereocenters. The number of aryl methyl sites for hydroxylation is 1. The van der Waals surface area contributed by atoms with Crippen molar-refractivity contribution in [3.63, 3.8) is 0 Å². The summed E-state index contributed by atoms with van der Waals surface area (Å²) in [6.45, 7) is 5.50. The zero-order valence-electron chi connectivity index (χ0n) is 16.9. The molecule has 0 fully saturated rings. The largest absolute Gasteiger partial charge is 0.481 e. The lowest BCUT2D eigenvalue weighted by molar-refractivity contribution is -0.136. The number of carbonyl (C=O) groups is 2. The number of carboxylic acids is 1. The standard InChI is InChI=1S/C24H25NO4/c1-24(2,3)29-23(28)18-11-9-16(10-12-18)19-15-21(17-7-5-4-6-8-17)25-20(19)13-14-22(26)27/h4-12,15,25H,13-14H2,1-3H3,(H,26,27). The number of H-pyrrole nitrogens is 1. The normalized spacial score (nSPS) is 11.3. The van der Waals surface area contributed by atoms with E-state index >= 15 is 0 Å². The maximum atomic E-state index is 12.2. The highest BCUT2D eigenvalue weighted by molar-refractivity contribution is 5.90. The fraction of sp³-hybridized carbons (Fsp3) is 0.250. The summed E-state index contributed by atoms with van der Waals surface area (Å²) in [4.78, 5) is 26.7. The Hall–Kier alpha value is -3.34. The van der Waals surface area contributed by atoms with E-state index in [-0.39, 0.29) is 12.4 Å². The van der Waals surface area contributed by atoms with Gasteiger partial charge in [0.05, 0.1) is 12.0 Å². The minimum atomic E-state index is -0.841. The Morgan fingerprint density at radius 1 is 0.966 bits per heavy atom. The number of rotatable bonds is 6. The molecule has 5 heteroatoms. The molecule has 1 aromatic heterocycles. The number of nitrogens with one attached hydrogen (secondary N) is 1. The Morgan fingerprint density at radius 3 is 2.21 bits per heavy atom. The molecule has 0 saturated carbocycles. The smallest absolute Gasteiger partial charge is 0.338 e. The summed E-state index contributed by atoms with van der Waals surface area (Å²) >= 11 is 0. The van der Waals surface area contributed by atoms with Crippen LogP contribution in [-0.4, -0.2) is 27.6 Å². The molecular formula is C24H25NO4. The van der Waals surface area contributed by atoms with E-state index in [1.54, 1.807) is 12.1 Å². The van der Waals surface area contributed by atoms with Crippen molar-refractivity contribution in [3.05, 3.63) is 71.9 Å². The monoisotopic (exact) mass is 391 g/mol. The van der Waals surface area contributed by atoms with Crippen LogP contribution in [0.4, 0.5) is 0 Å². The molecule has 150 valence electrons. The van der Waals surface area contributed by atoms with E-state index in [2.05, 4.69) is 4.98 Å². The van der Waals surface area contributed by atoms with Crippen LogP contribution in [0.1, 0.15) is 43.2 Å². The van der Waals surface area contributed by atoms with Crippen LogP contribution in [0, 0.1) is 0 Å². The molecule has 0 saturated heterocycles. The Balaban J connectivity index is 1.93. The van der Waals surface area contributed by atoms with Gasteiger partial charge in [0.2, 0.25) is 0 Å². The Kier molecular flexibility index (Phi) is 5.87. The number of aliphatic carboxylic acids is 1. The third-order valence-electron chi connectivity index (χ3n) is 4.40. The molecule has 2 aromatic carbocycles. The second-order valence-corrected chi connectivity index (χ2v) is 7.91. The van der Waals surface area contributed by atoms with Crippen LogP contribution in [-0.2, 0) is 16.0 Å². The summed E-state index contributed by atoms with van der Waals surface area (Å²) in [5.74, 6) is -1.21. The summed E-state index contributed by atoms with van der Waals surface area (Å²) < 4.78 is 5.41. The van der Waals surface area contributed by atoms with E-state index in [1.807, 2.05) is 69.3 Å². The predicted octanol–water partition coefficient (Wildman–Crippen LogP) is 5.32. The number of hydrogen-bond acceptors (Lipinski definition) is 3. The molecule has 0 bridgehead atoms. The van der Waals surface area contributed by atoms with Gasteiger partial charge >= 0.3 is 11.9 Å². The number of aromatic nitrogens is 1. The molecule has 1 heterocycles. The van der Waals surface area contributed by atoms with Crippen LogP contribution in [0.5, 0.6) is 0 Å². The summed E-state index contributed by atoms with van der Waals surface area (Å²) in [5, 5.41) is 9.09. The average molecular weight is 391 g/mol. The first-order valence-electron chi connectivity index (χ1n) is 9.56. The highest BCUT2D eigenvalue weighted by Gasteiger charge is 2.18. The maximum Gasteiger partial charge on any atom is 0.338 e. The van der Waals surface area contributed by atoms with Crippen molar-refractivity contribution in [2.24, 2.45) is 0 Å². The van der Waals surface area contributed by atoms with Crippen molar-refractivity contribution in [2.75, 3.05) is 0 Å². The van der Waals surface area contributed by atoms with Crippen LogP contribution in [0.2, 0.25) is 0 Å². The first-order valence-corrected chi connectivity index (χ1v) is 9.56. The number of hydrogen-bond donors (Lipinski definition) is 2. The van der Waals surface area contributed by atoms with Gasteiger partial charge in [-0.15, -0.1) is 0 Å². The molecule has 5 nitrogen and oxygen atoms in total. The van der Waals surface area contributed by atoms with Crippen LogP contribution in [0.3, 0.4) is 0 Å². The third-order valence-corrected chi connectivity index (χ3v) is 4.40. The van der Waals surface area contributed by atoms with E-state index in [4.69, 9.17) is 9.84 Å². The third kappa shape index (κ3) is 5.35. The predicted molar refractivity (Wildman–Crippen MR) is 113 cm³/mol. The zero-order chi connectivity index (χ0) is 21.0. The van der Waals surface area contributed by atoms with Crippen molar-refractivity contribution in [2.45, 2.75) is 39.2 Å². The summed E-state index contributed by atoms with van der Waals surface area (Å²) in [6, 6.07) is 19.1. The lowest BCUT2D eigenvalue weighted by Crippen LogP contribution is -2.23. The minimum absolute atomic E-state index is 0.0394. The van der Waals surface area contributed by atoms with Gasteiger partial charge in [-0.25, -0.2) is 4.79 Å². The molecule has 0 aliphatic heterocycles. The first-order chi connectivity index (χ1) is 13.7. The van der Waals surface area contributed by atoms with Gasteiger partial charge in [-0.3, -0.25) is 4.79 Å². The van der Waals surface area contributed by atoms with Crippen LogP contribution < -0.4 is 0 Å². The van der Waals surface area contributed by atoms with Crippen molar-refractivity contribution in [1.29, 1.82) is 0 Å². The number of aromatic amines is 1. The number of carbonyl (C=O) groups excluding carboxylic acids is 1. The minimum Gasteiger partial charge on any atom is -0.481 e. The van der Waals surface area contributed by atoms with Crippen molar-refractivity contribution >= 4 is 11.9 Å². The van der Waals surface area contributed by atoms with Crippen LogP contribution in [0.25, 0.3) is 22.4 Å². The quantitative estimate of drug-likeness (QED) is 0.557. The Bertz CT molecular complexity index is 996. The van der Waals surface area contributed by atoms with E-state index < -0.39 is 11.6 Å². The highest BCUT2D eigenvalue weighted by atomic mass is 16.6. The molecule has 3 aromatic rings. The van der Waals surface area contributed by atoms with Crippen molar-refractivity contribution in [1.82, 2.24) is 4.98 Å². The Labute approximate surface area is 170 Å². The highest BCUT2D eigenvalue weighted by Crippen LogP contribution is 2.31. The molecule has 0 atom stereocenters. The maximum absolute atomic E-state index is 12.2.